The average Bonchev–Trinajstić information content (AvgIpc) is 2.19. The lowest BCUT2D eigenvalue weighted by Crippen LogP contribution is -2.45. The van der Waals surface area contributed by atoms with E-state index in [9.17, 15) is 14.4 Å². The van der Waals surface area contributed by atoms with Gasteiger partial charge in [-0.15, -0.1) is 0 Å². The third kappa shape index (κ3) is 7.57. The number of carbonyl (C=O) groups excluding carboxylic acids is 3. The molecule has 8 heteroatoms. The van der Waals surface area contributed by atoms with Crippen LogP contribution in [0.3, 0.4) is 0 Å². The first-order valence-corrected chi connectivity index (χ1v) is 5.93. The molecule has 0 saturated carbocycles. The number of hydroxylamine groups is 2. The fourth-order valence-corrected chi connectivity index (χ4v) is 0.887. The van der Waals surface area contributed by atoms with E-state index in [0.29, 0.717) is 0 Å². The molecule has 0 fully saturated rings. The summed E-state index contributed by atoms with van der Waals surface area (Å²) in [6.07, 6.45) is -2.43. The number of hydrogen-bond donors (Lipinski definition) is 1. The Morgan fingerprint density at radius 2 is 1.25 bits per heavy atom. The van der Waals surface area contributed by atoms with E-state index in [4.69, 9.17) is 14.6 Å². The van der Waals surface area contributed by atoms with Crippen LogP contribution in [0.4, 0.5) is 9.59 Å². The molecule has 0 aromatic carbocycles. The molecule has 20 heavy (non-hydrogen) atoms. The van der Waals surface area contributed by atoms with Crippen LogP contribution in [0.25, 0.3) is 0 Å². The summed E-state index contributed by atoms with van der Waals surface area (Å²) >= 11 is 0. The molecule has 0 radical (unpaired) electrons. The zero-order chi connectivity index (χ0) is 16.1. The number of carbonyl (C=O) groups is 3. The van der Waals surface area contributed by atoms with Crippen molar-refractivity contribution in [3.63, 3.8) is 0 Å². The van der Waals surface area contributed by atoms with E-state index >= 15 is 0 Å². The Hall–Kier alpha value is -1.83. The molecule has 2 amide bonds. The normalized spacial score (nSPS) is 11.6. The van der Waals surface area contributed by atoms with E-state index in [1.807, 2.05) is 0 Å². The number of hydrogen-bond acceptors (Lipinski definition) is 7. The van der Waals surface area contributed by atoms with Gasteiger partial charge in [-0.3, -0.25) is 0 Å². The highest BCUT2D eigenvalue weighted by molar-refractivity contribution is 5.88. The molecule has 0 aromatic heterocycles. The van der Waals surface area contributed by atoms with E-state index in [2.05, 4.69) is 4.84 Å². The van der Waals surface area contributed by atoms with Gasteiger partial charge in [0.2, 0.25) is 0 Å². The minimum Gasteiger partial charge on any atom is -0.441 e. The topological polar surface area (TPSA) is 102 Å². The second-order valence-electron chi connectivity index (χ2n) is 5.88. The van der Waals surface area contributed by atoms with Crippen molar-refractivity contribution in [3.05, 3.63) is 0 Å². The number of imide groups is 1. The molecule has 8 nitrogen and oxygen atoms in total. The van der Waals surface area contributed by atoms with Gasteiger partial charge in [0.05, 0.1) is 0 Å². The van der Waals surface area contributed by atoms with Crippen LogP contribution in [0.5, 0.6) is 0 Å². The van der Waals surface area contributed by atoms with Gasteiger partial charge in [0.25, 0.3) is 0 Å². The van der Waals surface area contributed by atoms with Crippen LogP contribution in [-0.2, 0) is 19.1 Å². The lowest BCUT2D eigenvalue weighted by Gasteiger charge is -2.27. The Labute approximate surface area is 117 Å². The summed E-state index contributed by atoms with van der Waals surface area (Å²) in [5.41, 5.74) is -1.80. The fraction of sp³-hybridized carbons (Fsp3) is 0.750. The summed E-state index contributed by atoms with van der Waals surface area (Å²) in [5, 5.41) is 8.64. The summed E-state index contributed by atoms with van der Waals surface area (Å²) < 4.78 is 9.82. The quantitative estimate of drug-likeness (QED) is 0.732. The van der Waals surface area contributed by atoms with Gasteiger partial charge in [-0.2, -0.15) is 0 Å². The van der Waals surface area contributed by atoms with E-state index in [0.717, 1.165) is 0 Å². The van der Waals surface area contributed by atoms with E-state index < -0.39 is 36.0 Å². The molecule has 0 spiro atoms. The molecule has 0 bridgehead atoms. The SMILES string of the molecule is CC(C)(C)OC(=O)N(OC(=O)CO)C(=O)OC(C)(C)C. The van der Waals surface area contributed by atoms with E-state index in [1.54, 1.807) is 41.5 Å². The predicted octanol–water partition coefficient (Wildman–Crippen LogP) is 1.61. The van der Waals surface area contributed by atoms with E-state index in [-0.39, 0.29) is 5.06 Å². The number of amides is 2. The smallest absolute Gasteiger partial charge is 0.441 e. The van der Waals surface area contributed by atoms with Crippen molar-refractivity contribution in [2.45, 2.75) is 52.7 Å². The van der Waals surface area contributed by atoms with Gasteiger partial charge in [-0.05, 0) is 46.6 Å². The molecule has 0 unspecified atom stereocenters. The largest absolute Gasteiger partial charge is 0.454 e. The van der Waals surface area contributed by atoms with Crippen molar-refractivity contribution in [1.82, 2.24) is 5.06 Å². The predicted molar refractivity (Wildman–Crippen MR) is 67.5 cm³/mol. The van der Waals surface area contributed by atoms with Crippen LogP contribution in [0.1, 0.15) is 41.5 Å². The maximum atomic E-state index is 11.8. The molecule has 1 N–H and O–H groups in total. The number of nitrogens with zero attached hydrogens (tertiary/aromatic N) is 1. The van der Waals surface area contributed by atoms with Crippen molar-refractivity contribution in [3.8, 4) is 0 Å². The van der Waals surface area contributed by atoms with Crippen LogP contribution >= 0.6 is 0 Å². The summed E-state index contributed by atoms with van der Waals surface area (Å²) in [6, 6.07) is 0. The van der Waals surface area contributed by atoms with Crippen LogP contribution in [0.15, 0.2) is 0 Å². The van der Waals surface area contributed by atoms with Crippen molar-refractivity contribution in [2.75, 3.05) is 6.61 Å². The molecular weight excluding hydrogens is 270 g/mol. The minimum absolute atomic E-state index is 0.0368. The number of aliphatic hydroxyl groups is 1. The zero-order valence-electron chi connectivity index (χ0n) is 12.6. The zero-order valence-corrected chi connectivity index (χ0v) is 12.6. The molecule has 0 aliphatic carbocycles. The standard InChI is InChI=1S/C12H21NO7/c1-11(2,3)18-9(16)13(20-8(15)7-14)10(17)19-12(4,5)6/h14H,7H2,1-6H3. The van der Waals surface area contributed by atoms with Crippen LogP contribution < -0.4 is 0 Å². The third-order valence-corrected chi connectivity index (χ3v) is 1.44. The average molecular weight is 291 g/mol. The first-order valence-electron chi connectivity index (χ1n) is 5.93. The number of rotatable bonds is 1. The van der Waals surface area contributed by atoms with Gasteiger partial charge >= 0.3 is 18.2 Å². The van der Waals surface area contributed by atoms with Crippen LogP contribution in [-0.4, -0.2) is 46.1 Å². The molecule has 116 valence electrons. The third-order valence-electron chi connectivity index (χ3n) is 1.44. The minimum atomic E-state index is -1.21. The molecule has 0 aliphatic heterocycles. The Balaban J connectivity index is 5.03. The molecular formula is C12H21NO7. The summed E-state index contributed by atoms with van der Waals surface area (Å²) in [6.45, 7) is 8.45. The lowest BCUT2D eigenvalue weighted by molar-refractivity contribution is -0.182. The first-order chi connectivity index (χ1) is 8.85. The maximum absolute atomic E-state index is 11.8. The fourth-order valence-electron chi connectivity index (χ4n) is 0.887. The number of ether oxygens (including phenoxy) is 2. The first kappa shape index (κ1) is 18.2. The van der Waals surface area contributed by atoms with Gasteiger partial charge in [-0.1, -0.05) is 0 Å². The lowest BCUT2D eigenvalue weighted by atomic mass is 10.2. The Kier molecular flexibility index (Phi) is 5.96. The van der Waals surface area contributed by atoms with Crippen LogP contribution in [0.2, 0.25) is 0 Å². The highest BCUT2D eigenvalue weighted by atomic mass is 16.8. The molecule has 0 atom stereocenters. The second kappa shape index (κ2) is 6.56. The van der Waals surface area contributed by atoms with Gasteiger partial charge in [0, 0.05) is 0 Å². The maximum Gasteiger partial charge on any atom is 0.454 e. The molecule has 0 rings (SSSR count). The number of aliphatic hydroxyl groups excluding tert-OH is 1. The van der Waals surface area contributed by atoms with Gasteiger partial charge < -0.3 is 19.4 Å². The van der Waals surface area contributed by atoms with Crippen molar-refractivity contribution in [2.24, 2.45) is 0 Å². The summed E-state index contributed by atoms with van der Waals surface area (Å²) in [7, 11) is 0. The highest BCUT2D eigenvalue weighted by Gasteiger charge is 2.34. The molecule has 0 aliphatic rings. The second-order valence-corrected chi connectivity index (χ2v) is 5.88. The summed E-state index contributed by atoms with van der Waals surface area (Å²) in [5.74, 6) is -1.19. The monoisotopic (exact) mass is 291 g/mol. The Morgan fingerprint density at radius 1 is 0.900 bits per heavy atom. The Bertz CT molecular complexity index is 350. The van der Waals surface area contributed by atoms with Gasteiger partial charge in [-0.25, -0.2) is 14.4 Å². The van der Waals surface area contributed by atoms with Crippen LogP contribution in [0, 0.1) is 0 Å². The van der Waals surface area contributed by atoms with Gasteiger partial charge in [0.15, 0.2) is 0 Å². The molecule has 0 heterocycles. The van der Waals surface area contributed by atoms with E-state index in [1.165, 1.54) is 0 Å². The van der Waals surface area contributed by atoms with Crippen molar-refractivity contribution < 1.29 is 33.8 Å². The molecule has 0 saturated heterocycles. The summed E-state index contributed by atoms with van der Waals surface area (Å²) in [4.78, 5) is 39.0. The molecule has 0 aromatic rings. The van der Waals surface area contributed by atoms with Gasteiger partial charge in [0.1, 0.15) is 17.8 Å². The Morgan fingerprint density at radius 3 is 1.50 bits per heavy atom. The van der Waals surface area contributed by atoms with Crippen molar-refractivity contribution in [1.29, 1.82) is 0 Å². The highest BCUT2D eigenvalue weighted by Crippen LogP contribution is 2.14. The van der Waals surface area contributed by atoms with Crippen molar-refractivity contribution >= 4 is 18.2 Å².